The van der Waals surface area contributed by atoms with Gasteiger partial charge in [0.15, 0.2) is 5.65 Å². The first-order chi connectivity index (χ1) is 15.5. The van der Waals surface area contributed by atoms with Crippen LogP contribution in [0.1, 0.15) is 24.1 Å². The number of rotatable bonds is 5. The lowest BCUT2D eigenvalue weighted by Gasteiger charge is -2.34. The van der Waals surface area contributed by atoms with Crippen LogP contribution in [0.15, 0.2) is 36.8 Å². The predicted octanol–water partition coefficient (Wildman–Crippen LogP) is 2.31. The second-order valence-electron chi connectivity index (χ2n) is 8.49. The smallest absolute Gasteiger partial charge is 0.229 e. The summed E-state index contributed by atoms with van der Waals surface area (Å²) in [7, 11) is 1.94. The Morgan fingerprint density at radius 1 is 1.28 bits per heavy atom. The van der Waals surface area contributed by atoms with Crippen molar-refractivity contribution >= 4 is 33.8 Å². The highest BCUT2D eigenvalue weighted by atomic mass is 16.3. The molecule has 2 N–H and O–H groups in total. The number of piperidine rings is 1. The minimum Gasteiger partial charge on any atom is -0.396 e. The first-order valence-electron chi connectivity index (χ1n) is 10.9. The third-order valence-electron chi connectivity index (χ3n) is 6.34. The summed E-state index contributed by atoms with van der Waals surface area (Å²) in [6.07, 6.45) is 7.26. The summed E-state index contributed by atoms with van der Waals surface area (Å²) in [6.45, 7) is 3.89. The summed E-state index contributed by atoms with van der Waals surface area (Å²) in [5, 5.41) is 22.5. The van der Waals surface area contributed by atoms with Crippen LogP contribution in [0.5, 0.6) is 0 Å². The Morgan fingerprint density at radius 2 is 2.09 bits per heavy atom. The van der Waals surface area contributed by atoms with Gasteiger partial charge in [0.2, 0.25) is 5.91 Å². The van der Waals surface area contributed by atoms with Gasteiger partial charge in [0.25, 0.3) is 0 Å². The Hall–Kier alpha value is -3.46. The molecule has 0 aliphatic carbocycles. The predicted molar refractivity (Wildman–Crippen MR) is 123 cm³/mol. The molecule has 0 saturated carbocycles. The number of benzene rings is 1. The van der Waals surface area contributed by atoms with Gasteiger partial charge in [0.05, 0.1) is 35.2 Å². The first kappa shape index (κ1) is 20.4. The number of hydrogen-bond donors (Lipinski definition) is 2. The number of nitrogens with one attached hydrogen (secondary N) is 1. The molecule has 0 atom stereocenters. The Kier molecular flexibility index (Phi) is 5.26. The van der Waals surface area contributed by atoms with Crippen molar-refractivity contribution in [2.75, 3.05) is 29.9 Å². The number of amides is 1. The molecular formula is C23H27N7O2. The normalized spacial score (nSPS) is 15.0. The van der Waals surface area contributed by atoms with Crippen LogP contribution in [0, 0.1) is 12.8 Å². The first-order valence-corrected chi connectivity index (χ1v) is 10.9. The van der Waals surface area contributed by atoms with Crippen molar-refractivity contribution in [3.05, 3.63) is 48.0 Å². The number of aliphatic hydroxyl groups excluding tert-OH is 1. The molecule has 4 aromatic rings. The van der Waals surface area contributed by atoms with E-state index in [0.717, 1.165) is 59.5 Å². The van der Waals surface area contributed by atoms with Crippen molar-refractivity contribution < 1.29 is 9.90 Å². The molecule has 1 aromatic carbocycles. The minimum absolute atomic E-state index is 0.113. The SMILES string of the molecule is Cc1nn(C)c2cc(N3CCC(CO)CC3)c(NC(=O)Cc3cnn4cccnc34)cc12. The van der Waals surface area contributed by atoms with E-state index < -0.39 is 0 Å². The molecule has 1 saturated heterocycles. The van der Waals surface area contributed by atoms with Crippen LogP contribution in [0.2, 0.25) is 0 Å². The van der Waals surface area contributed by atoms with Crippen molar-refractivity contribution in [2.24, 2.45) is 13.0 Å². The third-order valence-corrected chi connectivity index (χ3v) is 6.34. The van der Waals surface area contributed by atoms with Gasteiger partial charge < -0.3 is 15.3 Å². The molecule has 1 fully saturated rings. The average Bonchev–Trinajstić information content (AvgIpc) is 3.33. The average molecular weight is 434 g/mol. The highest BCUT2D eigenvalue weighted by Gasteiger charge is 2.23. The maximum atomic E-state index is 13.0. The second-order valence-corrected chi connectivity index (χ2v) is 8.49. The molecule has 5 rings (SSSR count). The van der Waals surface area contributed by atoms with Crippen LogP contribution in [0.3, 0.4) is 0 Å². The molecule has 1 amide bonds. The molecule has 3 aromatic heterocycles. The lowest BCUT2D eigenvalue weighted by Crippen LogP contribution is -2.35. The number of aliphatic hydroxyl groups is 1. The fourth-order valence-electron chi connectivity index (χ4n) is 4.55. The van der Waals surface area contributed by atoms with E-state index in [1.807, 2.05) is 37.0 Å². The Morgan fingerprint density at radius 3 is 2.88 bits per heavy atom. The van der Waals surface area contributed by atoms with Crippen molar-refractivity contribution in [1.29, 1.82) is 0 Å². The zero-order valence-corrected chi connectivity index (χ0v) is 18.3. The Bertz CT molecular complexity index is 1280. The van der Waals surface area contributed by atoms with Crippen molar-refractivity contribution in [2.45, 2.75) is 26.2 Å². The number of fused-ring (bicyclic) bond motifs is 2. The van der Waals surface area contributed by atoms with Crippen molar-refractivity contribution in [3.63, 3.8) is 0 Å². The van der Waals surface area contributed by atoms with Gasteiger partial charge in [0, 0.05) is 50.1 Å². The molecule has 9 heteroatoms. The van der Waals surface area contributed by atoms with Gasteiger partial charge in [-0.15, -0.1) is 0 Å². The fraction of sp³-hybridized carbons (Fsp3) is 0.391. The van der Waals surface area contributed by atoms with E-state index in [1.165, 1.54) is 0 Å². The van der Waals surface area contributed by atoms with Crippen LogP contribution < -0.4 is 10.2 Å². The van der Waals surface area contributed by atoms with E-state index in [1.54, 1.807) is 16.9 Å². The van der Waals surface area contributed by atoms with Crippen molar-refractivity contribution in [1.82, 2.24) is 24.4 Å². The largest absolute Gasteiger partial charge is 0.396 e. The van der Waals surface area contributed by atoms with E-state index in [4.69, 9.17) is 0 Å². The third kappa shape index (κ3) is 3.69. The van der Waals surface area contributed by atoms with Crippen LogP contribution in [0.25, 0.3) is 16.6 Å². The van der Waals surface area contributed by atoms with Gasteiger partial charge in [-0.1, -0.05) is 0 Å². The van der Waals surface area contributed by atoms with Crippen LogP contribution >= 0.6 is 0 Å². The van der Waals surface area contributed by atoms with E-state index >= 15 is 0 Å². The van der Waals surface area contributed by atoms with E-state index in [9.17, 15) is 9.90 Å². The highest BCUT2D eigenvalue weighted by molar-refractivity contribution is 6.00. The number of hydrogen-bond acceptors (Lipinski definition) is 6. The zero-order chi connectivity index (χ0) is 22.2. The summed E-state index contributed by atoms with van der Waals surface area (Å²) in [5.41, 5.74) is 5.20. The van der Waals surface area contributed by atoms with Gasteiger partial charge in [-0.05, 0) is 43.9 Å². The molecule has 166 valence electrons. The number of anilines is 2. The minimum atomic E-state index is -0.113. The molecule has 0 bridgehead atoms. The Balaban J connectivity index is 1.46. The number of aromatic nitrogens is 5. The molecule has 0 spiro atoms. The summed E-state index contributed by atoms with van der Waals surface area (Å²) >= 11 is 0. The van der Waals surface area contributed by atoms with E-state index in [0.29, 0.717) is 11.6 Å². The van der Waals surface area contributed by atoms with Crippen LogP contribution in [-0.4, -0.2) is 55.1 Å². The van der Waals surface area contributed by atoms with E-state index in [-0.39, 0.29) is 18.9 Å². The summed E-state index contributed by atoms with van der Waals surface area (Å²) in [4.78, 5) is 19.7. The quantitative estimate of drug-likeness (QED) is 0.501. The second kappa shape index (κ2) is 8.23. The maximum Gasteiger partial charge on any atom is 0.229 e. The summed E-state index contributed by atoms with van der Waals surface area (Å²) < 4.78 is 3.55. The molecule has 0 radical (unpaired) electrons. The van der Waals surface area contributed by atoms with Crippen LogP contribution in [-0.2, 0) is 18.3 Å². The lowest BCUT2D eigenvalue weighted by molar-refractivity contribution is -0.115. The van der Waals surface area contributed by atoms with Gasteiger partial charge in [-0.2, -0.15) is 10.2 Å². The van der Waals surface area contributed by atoms with Gasteiger partial charge in [-0.25, -0.2) is 9.50 Å². The number of nitrogens with zero attached hydrogens (tertiary/aromatic N) is 6. The van der Waals surface area contributed by atoms with Gasteiger partial charge in [-0.3, -0.25) is 9.48 Å². The van der Waals surface area contributed by atoms with Gasteiger partial charge >= 0.3 is 0 Å². The molecule has 1 aliphatic heterocycles. The monoisotopic (exact) mass is 433 g/mol. The molecule has 0 unspecified atom stereocenters. The van der Waals surface area contributed by atoms with Crippen LogP contribution in [0.4, 0.5) is 11.4 Å². The fourth-order valence-corrected chi connectivity index (χ4v) is 4.55. The summed E-state index contributed by atoms with van der Waals surface area (Å²) in [5.74, 6) is 0.230. The highest BCUT2D eigenvalue weighted by Crippen LogP contribution is 2.35. The number of aryl methyl sites for hydroxylation is 2. The van der Waals surface area contributed by atoms with Gasteiger partial charge in [0.1, 0.15) is 0 Å². The topological polar surface area (TPSA) is 101 Å². The zero-order valence-electron chi connectivity index (χ0n) is 18.3. The molecule has 1 aliphatic rings. The van der Waals surface area contributed by atoms with Crippen molar-refractivity contribution in [3.8, 4) is 0 Å². The lowest BCUT2D eigenvalue weighted by atomic mass is 9.97. The Labute approximate surface area is 185 Å². The molecule has 9 nitrogen and oxygen atoms in total. The number of carbonyl (C=O) groups is 1. The molecule has 32 heavy (non-hydrogen) atoms. The summed E-state index contributed by atoms with van der Waals surface area (Å²) in [6, 6.07) is 5.94. The maximum absolute atomic E-state index is 13.0. The van der Waals surface area contributed by atoms with E-state index in [2.05, 4.69) is 31.5 Å². The number of carbonyl (C=O) groups excluding carboxylic acids is 1. The molecule has 4 heterocycles. The standard InChI is InChI=1S/C23H27N7O2/c1-15-18-11-19(26-22(32)10-17-13-25-30-7-3-6-24-23(17)30)21(12-20(18)28(2)27-15)29-8-4-16(14-31)5-9-29/h3,6-7,11-13,16,31H,4-5,8-10,14H2,1-2H3,(H,26,32). The molecular weight excluding hydrogens is 406 g/mol.